The molecule has 1 aromatic rings. The molecule has 0 spiro atoms. The van der Waals surface area contributed by atoms with Gasteiger partial charge in [-0.1, -0.05) is 24.6 Å². The average molecular weight is 270 g/mol. The molecule has 1 aromatic carbocycles. The van der Waals surface area contributed by atoms with E-state index in [4.69, 9.17) is 16.7 Å². The Labute approximate surface area is 111 Å². The monoisotopic (exact) mass is 269 g/mol. The molecule has 0 radical (unpaired) electrons. The molecule has 5 heteroatoms. The molecule has 0 fully saturated rings. The Bertz CT molecular complexity index is 460. The van der Waals surface area contributed by atoms with Gasteiger partial charge in [-0.15, -0.1) is 0 Å². The Balaban J connectivity index is 2.68. The second-order valence-electron chi connectivity index (χ2n) is 4.14. The van der Waals surface area contributed by atoms with Gasteiger partial charge in [0, 0.05) is 6.54 Å². The molecular formula is C13H16ClNO3. The summed E-state index contributed by atoms with van der Waals surface area (Å²) in [7, 11) is 0. The third-order valence-corrected chi connectivity index (χ3v) is 3.03. The van der Waals surface area contributed by atoms with E-state index >= 15 is 0 Å². The van der Waals surface area contributed by atoms with Crippen LogP contribution in [0.15, 0.2) is 18.2 Å². The number of nitrogens with one attached hydrogen (secondary N) is 1. The Morgan fingerprint density at radius 2 is 2.11 bits per heavy atom. The van der Waals surface area contributed by atoms with Gasteiger partial charge in [0.1, 0.15) is 0 Å². The van der Waals surface area contributed by atoms with Gasteiger partial charge in [-0.3, -0.25) is 9.59 Å². The Morgan fingerprint density at radius 1 is 1.44 bits per heavy atom. The standard InChI is InChI=1S/C13H16ClNO3/c1-3-9(13(17)18)7-15-12(16)10-5-4-8(2)6-11(10)14/h4-6,9H,3,7H2,1-2H3,(H,15,16)(H,17,18). The van der Waals surface area contributed by atoms with Crippen molar-refractivity contribution in [3.05, 3.63) is 34.3 Å². The lowest BCUT2D eigenvalue weighted by Crippen LogP contribution is -2.32. The number of carboxylic acid groups (broad SMARTS) is 1. The number of aliphatic carboxylic acids is 1. The molecule has 2 N–H and O–H groups in total. The van der Waals surface area contributed by atoms with Gasteiger partial charge in [0.15, 0.2) is 0 Å². The van der Waals surface area contributed by atoms with E-state index in [0.717, 1.165) is 5.56 Å². The highest BCUT2D eigenvalue weighted by atomic mass is 35.5. The predicted molar refractivity (Wildman–Crippen MR) is 69.9 cm³/mol. The molecule has 98 valence electrons. The number of halogens is 1. The van der Waals surface area contributed by atoms with Crippen LogP contribution in [0.3, 0.4) is 0 Å². The van der Waals surface area contributed by atoms with Crippen LogP contribution >= 0.6 is 11.6 Å². The first-order chi connectivity index (χ1) is 8.45. The molecule has 4 nitrogen and oxygen atoms in total. The second kappa shape index (κ2) is 6.40. The minimum absolute atomic E-state index is 0.106. The summed E-state index contributed by atoms with van der Waals surface area (Å²) in [6.07, 6.45) is 0.469. The lowest BCUT2D eigenvalue weighted by atomic mass is 10.1. The normalized spacial score (nSPS) is 11.9. The molecule has 1 atom stereocenters. The van der Waals surface area contributed by atoms with E-state index in [1.54, 1.807) is 25.1 Å². The molecule has 0 heterocycles. The number of carbonyl (C=O) groups excluding carboxylic acids is 1. The first kappa shape index (κ1) is 14.5. The van der Waals surface area contributed by atoms with Crippen LogP contribution in [0.2, 0.25) is 5.02 Å². The number of aryl methyl sites for hydroxylation is 1. The summed E-state index contributed by atoms with van der Waals surface area (Å²) >= 11 is 5.96. The van der Waals surface area contributed by atoms with Gasteiger partial charge in [-0.05, 0) is 31.0 Å². The molecular weight excluding hydrogens is 254 g/mol. The highest BCUT2D eigenvalue weighted by Crippen LogP contribution is 2.17. The van der Waals surface area contributed by atoms with Crippen LogP contribution in [0.4, 0.5) is 0 Å². The molecule has 0 aliphatic carbocycles. The third-order valence-electron chi connectivity index (χ3n) is 2.72. The van der Waals surface area contributed by atoms with Gasteiger partial charge in [0.25, 0.3) is 5.91 Å². The second-order valence-corrected chi connectivity index (χ2v) is 4.54. The molecule has 0 saturated carbocycles. The van der Waals surface area contributed by atoms with Crippen LogP contribution in [0, 0.1) is 12.8 Å². The number of hydrogen-bond donors (Lipinski definition) is 2. The first-order valence-corrected chi connectivity index (χ1v) is 6.10. The molecule has 0 aromatic heterocycles. The summed E-state index contributed by atoms with van der Waals surface area (Å²) in [4.78, 5) is 22.6. The fourth-order valence-electron chi connectivity index (χ4n) is 1.52. The summed E-state index contributed by atoms with van der Waals surface area (Å²) in [5.41, 5.74) is 1.33. The summed E-state index contributed by atoms with van der Waals surface area (Å²) in [6.45, 7) is 3.75. The average Bonchev–Trinajstić information content (AvgIpc) is 2.28. The van der Waals surface area contributed by atoms with E-state index in [2.05, 4.69) is 5.32 Å². The van der Waals surface area contributed by atoms with Gasteiger partial charge >= 0.3 is 5.97 Å². The number of benzene rings is 1. The molecule has 0 saturated heterocycles. The van der Waals surface area contributed by atoms with Crippen LogP contribution in [0.5, 0.6) is 0 Å². The zero-order chi connectivity index (χ0) is 13.7. The van der Waals surface area contributed by atoms with E-state index in [0.29, 0.717) is 17.0 Å². The van der Waals surface area contributed by atoms with Crippen LogP contribution in [0.1, 0.15) is 29.3 Å². The van der Waals surface area contributed by atoms with Crippen LogP contribution in [-0.2, 0) is 4.79 Å². The summed E-state index contributed by atoms with van der Waals surface area (Å²) in [5, 5.41) is 11.8. The topological polar surface area (TPSA) is 66.4 Å². The lowest BCUT2D eigenvalue weighted by molar-refractivity contribution is -0.141. The van der Waals surface area contributed by atoms with Crippen molar-refractivity contribution < 1.29 is 14.7 Å². The van der Waals surface area contributed by atoms with E-state index in [-0.39, 0.29) is 12.5 Å². The molecule has 0 bridgehead atoms. The molecule has 1 rings (SSSR count). The van der Waals surface area contributed by atoms with E-state index in [9.17, 15) is 9.59 Å². The largest absolute Gasteiger partial charge is 0.481 e. The summed E-state index contributed by atoms with van der Waals surface area (Å²) in [5.74, 6) is -1.83. The van der Waals surface area contributed by atoms with E-state index in [1.807, 2.05) is 6.92 Å². The summed E-state index contributed by atoms with van der Waals surface area (Å²) in [6, 6.07) is 5.12. The third kappa shape index (κ3) is 3.74. The van der Waals surface area contributed by atoms with Crippen LogP contribution in [-0.4, -0.2) is 23.5 Å². The van der Waals surface area contributed by atoms with E-state index < -0.39 is 11.9 Å². The molecule has 0 aliphatic rings. The zero-order valence-electron chi connectivity index (χ0n) is 10.4. The Morgan fingerprint density at radius 3 is 2.61 bits per heavy atom. The van der Waals surface area contributed by atoms with Gasteiger partial charge in [-0.25, -0.2) is 0 Å². The molecule has 1 amide bonds. The SMILES string of the molecule is CCC(CNC(=O)c1ccc(C)cc1Cl)C(=O)O. The highest BCUT2D eigenvalue weighted by molar-refractivity contribution is 6.33. The van der Waals surface area contributed by atoms with Crippen LogP contribution < -0.4 is 5.32 Å². The van der Waals surface area contributed by atoms with Gasteiger partial charge < -0.3 is 10.4 Å². The van der Waals surface area contributed by atoms with Crippen molar-refractivity contribution in [1.82, 2.24) is 5.32 Å². The van der Waals surface area contributed by atoms with Gasteiger partial charge in [-0.2, -0.15) is 0 Å². The summed E-state index contributed by atoms with van der Waals surface area (Å²) < 4.78 is 0. The van der Waals surface area contributed by atoms with Gasteiger partial charge in [0.2, 0.25) is 0 Å². The highest BCUT2D eigenvalue weighted by Gasteiger charge is 2.17. The minimum Gasteiger partial charge on any atom is -0.481 e. The maximum atomic E-state index is 11.8. The number of carboxylic acids is 1. The van der Waals surface area contributed by atoms with Crippen molar-refractivity contribution >= 4 is 23.5 Å². The van der Waals surface area contributed by atoms with Crippen LogP contribution in [0.25, 0.3) is 0 Å². The van der Waals surface area contributed by atoms with Crippen molar-refractivity contribution in [3.63, 3.8) is 0 Å². The minimum atomic E-state index is -0.909. The zero-order valence-corrected chi connectivity index (χ0v) is 11.1. The van der Waals surface area contributed by atoms with Crippen molar-refractivity contribution in [1.29, 1.82) is 0 Å². The van der Waals surface area contributed by atoms with Gasteiger partial charge in [0.05, 0.1) is 16.5 Å². The maximum absolute atomic E-state index is 11.8. The Hall–Kier alpha value is -1.55. The smallest absolute Gasteiger partial charge is 0.308 e. The maximum Gasteiger partial charge on any atom is 0.308 e. The van der Waals surface area contributed by atoms with Crippen molar-refractivity contribution in [2.75, 3.05) is 6.54 Å². The predicted octanol–water partition coefficient (Wildman–Crippen LogP) is 2.49. The molecule has 1 unspecified atom stereocenters. The Kier molecular flexibility index (Phi) is 5.16. The quantitative estimate of drug-likeness (QED) is 0.863. The van der Waals surface area contributed by atoms with Crippen molar-refractivity contribution in [3.8, 4) is 0 Å². The number of amides is 1. The fourth-order valence-corrected chi connectivity index (χ4v) is 1.84. The number of rotatable bonds is 5. The number of hydrogen-bond acceptors (Lipinski definition) is 2. The molecule has 0 aliphatic heterocycles. The van der Waals surface area contributed by atoms with E-state index in [1.165, 1.54) is 0 Å². The van der Waals surface area contributed by atoms with Crippen molar-refractivity contribution in [2.45, 2.75) is 20.3 Å². The number of carbonyl (C=O) groups is 2. The molecule has 18 heavy (non-hydrogen) atoms. The first-order valence-electron chi connectivity index (χ1n) is 5.72. The fraction of sp³-hybridized carbons (Fsp3) is 0.385. The van der Waals surface area contributed by atoms with Crippen molar-refractivity contribution in [2.24, 2.45) is 5.92 Å². The lowest BCUT2D eigenvalue weighted by Gasteiger charge is -2.11.